The van der Waals surface area contributed by atoms with Crippen LogP contribution in [0.4, 0.5) is 5.69 Å². The Bertz CT molecular complexity index is 464. The molecule has 0 radical (unpaired) electrons. The Hall–Kier alpha value is -0.100. The van der Waals surface area contributed by atoms with Gasteiger partial charge in [-0.25, -0.2) is 0 Å². The first-order valence-corrected chi connectivity index (χ1v) is 7.60. The van der Waals surface area contributed by atoms with E-state index in [2.05, 4.69) is 42.5 Å². The van der Waals surface area contributed by atoms with Gasteiger partial charge in [-0.1, -0.05) is 11.6 Å². The Kier molecular flexibility index (Phi) is 4.36. The maximum absolute atomic E-state index is 12.3. The fourth-order valence-corrected chi connectivity index (χ4v) is 3.87. The van der Waals surface area contributed by atoms with E-state index in [1.54, 1.807) is 12.1 Å². The zero-order valence-corrected chi connectivity index (χ0v) is 13.7. The fourth-order valence-electron chi connectivity index (χ4n) is 2.00. The predicted molar refractivity (Wildman–Crippen MR) is 81.1 cm³/mol. The summed E-state index contributed by atoms with van der Waals surface area (Å²) in [5.41, 5.74) is 0.220. The second-order valence-electron chi connectivity index (χ2n) is 4.56. The second-order valence-corrected chi connectivity index (χ2v) is 6.71. The van der Waals surface area contributed by atoms with Gasteiger partial charge >= 0.3 is 0 Å². The summed E-state index contributed by atoms with van der Waals surface area (Å²) in [7, 11) is 0. The van der Waals surface area contributed by atoms with Crippen molar-refractivity contribution < 1.29 is 4.79 Å². The van der Waals surface area contributed by atoms with Crippen LogP contribution >= 0.6 is 43.5 Å². The SMILES string of the molecule is CC1(C(=O)Nc2c(Br)cc(Cl)cc2Br)CCCN1. The van der Waals surface area contributed by atoms with Gasteiger partial charge in [0.2, 0.25) is 5.91 Å². The van der Waals surface area contributed by atoms with E-state index in [1.165, 1.54) is 0 Å². The molecule has 6 heteroatoms. The Morgan fingerprint density at radius 3 is 2.56 bits per heavy atom. The minimum Gasteiger partial charge on any atom is -0.323 e. The van der Waals surface area contributed by atoms with Crippen LogP contribution in [-0.4, -0.2) is 18.0 Å². The Morgan fingerprint density at radius 1 is 1.44 bits per heavy atom. The summed E-state index contributed by atoms with van der Waals surface area (Å²) >= 11 is 12.7. The number of anilines is 1. The van der Waals surface area contributed by atoms with Crippen molar-refractivity contribution in [3.63, 3.8) is 0 Å². The molecule has 1 aromatic rings. The average Bonchev–Trinajstić information content (AvgIpc) is 2.71. The first-order chi connectivity index (χ1) is 8.42. The quantitative estimate of drug-likeness (QED) is 0.795. The molecule has 1 aliphatic rings. The van der Waals surface area contributed by atoms with Gasteiger partial charge in [0.25, 0.3) is 0 Å². The van der Waals surface area contributed by atoms with E-state index in [9.17, 15) is 4.79 Å². The maximum atomic E-state index is 12.3. The summed E-state index contributed by atoms with van der Waals surface area (Å²) < 4.78 is 1.52. The normalized spacial score (nSPS) is 23.1. The summed E-state index contributed by atoms with van der Waals surface area (Å²) in [6, 6.07) is 3.51. The molecular formula is C12H13Br2ClN2O. The molecule has 1 atom stereocenters. The predicted octanol–water partition coefficient (Wildman–Crippen LogP) is 3.95. The standard InChI is InChI=1S/C12H13Br2ClN2O/c1-12(3-2-4-16-12)11(18)17-10-8(13)5-7(15)6-9(10)14/h5-6,16H,2-4H2,1H3,(H,17,18). The molecule has 1 amide bonds. The van der Waals surface area contributed by atoms with Crippen LogP contribution in [0.3, 0.4) is 0 Å². The van der Waals surface area contributed by atoms with Crippen molar-refractivity contribution in [2.45, 2.75) is 25.3 Å². The first-order valence-electron chi connectivity index (χ1n) is 5.63. The summed E-state index contributed by atoms with van der Waals surface area (Å²) in [6.45, 7) is 2.81. The van der Waals surface area contributed by atoms with Gasteiger partial charge in [-0.2, -0.15) is 0 Å². The Labute approximate surface area is 128 Å². The summed E-state index contributed by atoms with van der Waals surface area (Å²) in [4.78, 5) is 12.3. The van der Waals surface area contributed by atoms with E-state index in [-0.39, 0.29) is 5.91 Å². The molecular weight excluding hydrogens is 383 g/mol. The third kappa shape index (κ3) is 2.90. The molecule has 2 N–H and O–H groups in total. The van der Waals surface area contributed by atoms with Gasteiger partial charge in [-0.05, 0) is 70.3 Å². The molecule has 18 heavy (non-hydrogen) atoms. The van der Waals surface area contributed by atoms with E-state index in [4.69, 9.17) is 11.6 Å². The number of benzene rings is 1. The first kappa shape index (κ1) is 14.3. The fraction of sp³-hybridized carbons (Fsp3) is 0.417. The monoisotopic (exact) mass is 394 g/mol. The largest absolute Gasteiger partial charge is 0.323 e. The van der Waals surface area contributed by atoms with Gasteiger partial charge in [0.05, 0.1) is 11.2 Å². The van der Waals surface area contributed by atoms with Crippen LogP contribution in [0.1, 0.15) is 19.8 Å². The Balaban J connectivity index is 2.22. The van der Waals surface area contributed by atoms with E-state index in [0.717, 1.165) is 28.3 Å². The molecule has 0 spiro atoms. The van der Waals surface area contributed by atoms with Gasteiger partial charge in [0.15, 0.2) is 0 Å². The molecule has 0 bridgehead atoms. The molecule has 0 saturated carbocycles. The third-order valence-corrected chi connectivity index (χ3v) is 4.58. The van der Waals surface area contributed by atoms with Crippen molar-refractivity contribution in [1.29, 1.82) is 0 Å². The average molecular weight is 397 g/mol. The topological polar surface area (TPSA) is 41.1 Å². The van der Waals surface area contributed by atoms with Crippen molar-refractivity contribution in [3.8, 4) is 0 Å². The zero-order valence-electron chi connectivity index (χ0n) is 9.82. The van der Waals surface area contributed by atoms with Gasteiger partial charge < -0.3 is 10.6 Å². The lowest BCUT2D eigenvalue weighted by atomic mass is 9.99. The van der Waals surface area contributed by atoms with Crippen LogP contribution in [0.25, 0.3) is 0 Å². The van der Waals surface area contributed by atoms with Gasteiger partial charge in [-0.3, -0.25) is 4.79 Å². The number of halogens is 3. The Morgan fingerprint density at radius 2 is 2.06 bits per heavy atom. The molecule has 1 unspecified atom stereocenters. The maximum Gasteiger partial charge on any atom is 0.244 e. The van der Waals surface area contributed by atoms with E-state index >= 15 is 0 Å². The number of amides is 1. The molecule has 1 heterocycles. The number of carbonyl (C=O) groups is 1. The smallest absolute Gasteiger partial charge is 0.244 e. The molecule has 1 aromatic carbocycles. The molecule has 1 aliphatic heterocycles. The van der Waals surface area contributed by atoms with Gasteiger partial charge in [0.1, 0.15) is 0 Å². The summed E-state index contributed by atoms with van der Waals surface area (Å²) in [5, 5.41) is 6.78. The number of nitrogens with one attached hydrogen (secondary N) is 2. The van der Waals surface area contributed by atoms with Crippen LogP contribution in [0, 0.1) is 0 Å². The lowest BCUT2D eigenvalue weighted by molar-refractivity contribution is -0.121. The van der Waals surface area contributed by atoms with Crippen molar-refractivity contribution >= 4 is 55.1 Å². The lowest BCUT2D eigenvalue weighted by Crippen LogP contribution is -2.48. The highest BCUT2D eigenvalue weighted by Crippen LogP contribution is 2.35. The summed E-state index contributed by atoms with van der Waals surface area (Å²) in [5.74, 6) is -0.0243. The minimum atomic E-state index is -0.488. The number of rotatable bonds is 2. The highest BCUT2D eigenvalue weighted by Gasteiger charge is 2.36. The van der Waals surface area contributed by atoms with Crippen molar-refractivity contribution in [2.24, 2.45) is 0 Å². The van der Waals surface area contributed by atoms with Crippen LogP contribution in [0.2, 0.25) is 5.02 Å². The molecule has 98 valence electrons. The van der Waals surface area contributed by atoms with E-state index in [1.807, 2.05) is 6.92 Å². The second kappa shape index (κ2) is 5.49. The third-order valence-electron chi connectivity index (χ3n) is 3.12. The van der Waals surface area contributed by atoms with Crippen molar-refractivity contribution in [1.82, 2.24) is 5.32 Å². The molecule has 1 fully saturated rings. The molecule has 1 saturated heterocycles. The zero-order chi connectivity index (χ0) is 13.3. The van der Waals surface area contributed by atoms with Crippen molar-refractivity contribution in [2.75, 3.05) is 11.9 Å². The van der Waals surface area contributed by atoms with Crippen LogP contribution in [0.15, 0.2) is 21.1 Å². The van der Waals surface area contributed by atoms with Crippen LogP contribution in [-0.2, 0) is 4.79 Å². The van der Waals surface area contributed by atoms with Gasteiger partial charge in [0, 0.05) is 14.0 Å². The van der Waals surface area contributed by atoms with Crippen LogP contribution in [0.5, 0.6) is 0 Å². The lowest BCUT2D eigenvalue weighted by Gasteiger charge is -2.23. The van der Waals surface area contributed by atoms with Gasteiger partial charge in [-0.15, -0.1) is 0 Å². The van der Waals surface area contributed by atoms with Crippen LogP contribution < -0.4 is 10.6 Å². The van der Waals surface area contributed by atoms with E-state index < -0.39 is 5.54 Å². The molecule has 3 nitrogen and oxygen atoms in total. The highest BCUT2D eigenvalue weighted by molar-refractivity contribution is 9.11. The number of carbonyl (C=O) groups excluding carboxylic acids is 1. The number of hydrogen-bond donors (Lipinski definition) is 2. The number of hydrogen-bond acceptors (Lipinski definition) is 2. The minimum absolute atomic E-state index is 0.0243. The summed E-state index contributed by atoms with van der Waals surface area (Å²) in [6.07, 6.45) is 1.87. The van der Waals surface area contributed by atoms with E-state index in [0.29, 0.717) is 10.7 Å². The molecule has 0 aliphatic carbocycles. The molecule has 2 rings (SSSR count). The molecule has 0 aromatic heterocycles. The highest BCUT2D eigenvalue weighted by atomic mass is 79.9. The van der Waals surface area contributed by atoms with Crippen molar-refractivity contribution in [3.05, 3.63) is 26.1 Å².